The number of hydrogen-bond donors (Lipinski definition) is 0. The van der Waals surface area contributed by atoms with Gasteiger partial charge in [-0.25, -0.2) is 4.68 Å². The minimum Gasteiger partial charge on any atom is -0.494 e. The van der Waals surface area contributed by atoms with Crippen LogP contribution in [0.25, 0.3) is 38.7 Å². The van der Waals surface area contributed by atoms with E-state index in [-0.39, 0.29) is 5.56 Å². The molecule has 0 atom stereocenters. The van der Waals surface area contributed by atoms with E-state index in [1.807, 2.05) is 89.1 Å². The lowest BCUT2D eigenvalue weighted by atomic mass is 10.1. The first-order valence-corrected chi connectivity index (χ1v) is 13.7. The summed E-state index contributed by atoms with van der Waals surface area (Å²) in [5.74, 6) is 1.41. The molecule has 0 fully saturated rings. The third-order valence-electron chi connectivity index (χ3n) is 5.87. The van der Waals surface area contributed by atoms with Crippen molar-refractivity contribution in [2.45, 2.75) is 19.8 Å². The van der Waals surface area contributed by atoms with E-state index in [2.05, 4.69) is 17.0 Å². The summed E-state index contributed by atoms with van der Waals surface area (Å²) in [6.07, 6.45) is 5.94. The fourth-order valence-electron chi connectivity index (χ4n) is 3.96. The monoisotopic (exact) mass is 525 g/mol. The molecule has 0 spiro atoms. The smallest absolute Gasteiger partial charge is 0.291 e. The van der Waals surface area contributed by atoms with Crippen molar-refractivity contribution in [2.24, 2.45) is 0 Å². The van der Waals surface area contributed by atoms with Crippen LogP contribution in [-0.2, 0) is 0 Å². The molecule has 0 aliphatic rings. The van der Waals surface area contributed by atoms with Gasteiger partial charge in [0.05, 0.1) is 21.7 Å². The van der Waals surface area contributed by atoms with Gasteiger partial charge >= 0.3 is 0 Å². The Bertz CT molecular complexity index is 1750. The maximum absolute atomic E-state index is 13.2. The van der Waals surface area contributed by atoms with Crippen molar-refractivity contribution in [3.05, 3.63) is 98.8 Å². The van der Waals surface area contributed by atoms with Gasteiger partial charge in [0.1, 0.15) is 11.4 Å². The predicted molar refractivity (Wildman–Crippen MR) is 149 cm³/mol. The minimum atomic E-state index is -0.187. The van der Waals surface area contributed by atoms with E-state index in [4.69, 9.17) is 9.84 Å². The second kappa shape index (κ2) is 10.1. The number of benzene rings is 2. The quantitative estimate of drug-likeness (QED) is 0.247. The highest BCUT2D eigenvalue weighted by molar-refractivity contribution is 7.15. The molecule has 0 aliphatic carbocycles. The van der Waals surface area contributed by atoms with Gasteiger partial charge in [-0.05, 0) is 60.3 Å². The van der Waals surface area contributed by atoms with Gasteiger partial charge in [-0.3, -0.25) is 4.79 Å². The molecule has 4 aromatic heterocycles. The van der Waals surface area contributed by atoms with Gasteiger partial charge in [0.15, 0.2) is 5.82 Å². The van der Waals surface area contributed by atoms with E-state index >= 15 is 0 Å². The maximum atomic E-state index is 13.2. The van der Waals surface area contributed by atoms with Gasteiger partial charge in [-0.2, -0.15) is 14.6 Å². The Labute approximate surface area is 220 Å². The first-order chi connectivity index (χ1) is 18.2. The van der Waals surface area contributed by atoms with E-state index in [1.54, 1.807) is 11.3 Å². The number of thiazole rings is 1. The lowest BCUT2D eigenvalue weighted by Crippen LogP contribution is -2.23. The first kappa shape index (κ1) is 23.3. The van der Waals surface area contributed by atoms with Crippen LogP contribution < -0.4 is 14.8 Å². The van der Waals surface area contributed by atoms with Crippen LogP contribution in [0.5, 0.6) is 5.75 Å². The summed E-state index contributed by atoms with van der Waals surface area (Å²) < 4.78 is 9.60. The van der Waals surface area contributed by atoms with Crippen LogP contribution in [0.4, 0.5) is 0 Å². The summed E-state index contributed by atoms with van der Waals surface area (Å²) >= 11 is 2.88. The van der Waals surface area contributed by atoms with Gasteiger partial charge in [-0.1, -0.05) is 48.9 Å². The molecule has 0 bridgehead atoms. The molecule has 6 rings (SSSR count). The summed E-state index contributed by atoms with van der Waals surface area (Å²) in [5.41, 5.74) is 3.31. The third-order valence-corrected chi connectivity index (χ3v) is 7.69. The van der Waals surface area contributed by atoms with E-state index in [0.717, 1.165) is 46.0 Å². The number of unbranched alkanes of at least 4 members (excludes halogenated alkanes) is 1. The summed E-state index contributed by atoms with van der Waals surface area (Å²) in [6.45, 7) is 2.84. The van der Waals surface area contributed by atoms with Crippen LogP contribution in [-0.4, -0.2) is 31.0 Å². The SMILES string of the molecule is CCCCOc1ccc(-c2nn(-c3ccccc3)cc2/C=c2\sc3nc(-c4cccs4)nn3c2=O)cc1. The summed E-state index contributed by atoms with van der Waals surface area (Å²) in [5, 5.41) is 11.3. The average Bonchev–Trinajstić information content (AvgIpc) is 3.72. The van der Waals surface area contributed by atoms with Gasteiger partial charge in [0.2, 0.25) is 4.96 Å². The molecule has 0 amide bonds. The zero-order valence-corrected chi connectivity index (χ0v) is 21.7. The largest absolute Gasteiger partial charge is 0.494 e. The van der Waals surface area contributed by atoms with E-state index in [0.29, 0.717) is 21.9 Å². The Morgan fingerprint density at radius 1 is 1.00 bits per heavy atom. The Morgan fingerprint density at radius 2 is 1.84 bits per heavy atom. The first-order valence-electron chi connectivity index (χ1n) is 12.0. The number of ether oxygens (including phenoxy) is 1. The van der Waals surface area contributed by atoms with Crippen molar-refractivity contribution in [3.8, 4) is 33.4 Å². The number of fused-ring (bicyclic) bond motifs is 1. The standard InChI is InChI=1S/C28H23N5O2S2/c1-2-3-15-35-22-13-11-19(12-14-22)25-20(18-32(30-25)21-8-5-4-6-9-21)17-24-27(34)33-28(37-24)29-26(31-33)23-10-7-16-36-23/h4-14,16-18H,2-3,15H2,1H3/b24-17-. The molecule has 2 aromatic carbocycles. The van der Waals surface area contributed by atoms with Crippen LogP contribution in [0.2, 0.25) is 0 Å². The normalized spacial score (nSPS) is 12.0. The second-order valence-electron chi connectivity index (χ2n) is 8.46. The molecule has 9 heteroatoms. The molecule has 0 unspecified atom stereocenters. The summed E-state index contributed by atoms with van der Waals surface area (Å²) in [4.78, 5) is 19.3. The number of aromatic nitrogens is 5. The molecular formula is C28H23N5O2S2. The summed E-state index contributed by atoms with van der Waals surface area (Å²) in [7, 11) is 0. The van der Waals surface area contributed by atoms with Crippen molar-refractivity contribution < 1.29 is 4.74 Å². The lowest BCUT2D eigenvalue weighted by molar-refractivity contribution is 0.309. The summed E-state index contributed by atoms with van der Waals surface area (Å²) in [6, 6.07) is 21.8. The molecule has 0 saturated heterocycles. The zero-order valence-electron chi connectivity index (χ0n) is 20.1. The fourth-order valence-corrected chi connectivity index (χ4v) is 5.51. The Balaban J connectivity index is 1.42. The molecule has 37 heavy (non-hydrogen) atoms. The highest BCUT2D eigenvalue weighted by atomic mass is 32.1. The van der Waals surface area contributed by atoms with Crippen molar-refractivity contribution >= 4 is 33.7 Å². The minimum absolute atomic E-state index is 0.187. The molecule has 0 N–H and O–H groups in total. The van der Waals surface area contributed by atoms with Crippen molar-refractivity contribution in [1.29, 1.82) is 0 Å². The van der Waals surface area contributed by atoms with Gasteiger partial charge in [0, 0.05) is 17.3 Å². The Morgan fingerprint density at radius 3 is 2.57 bits per heavy atom. The number of nitrogens with zero attached hydrogens (tertiary/aromatic N) is 5. The molecule has 0 aliphatic heterocycles. The molecule has 6 aromatic rings. The predicted octanol–water partition coefficient (Wildman–Crippen LogP) is 5.46. The Hall–Kier alpha value is -4.08. The van der Waals surface area contributed by atoms with Crippen LogP contribution in [0, 0.1) is 0 Å². The molecule has 0 saturated carbocycles. The average molecular weight is 526 g/mol. The number of rotatable bonds is 8. The highest BCUT2D eigenvalue weighted by Gasteiger charge is 2.15. The molecule has 7 nitrogen and oxygen atoms in total. The van der Waals surface area contributed by atoms with Crippen LogP contribution in [0.1, 0.15) is 25.3 Å². The molecule has 4 heterocycles. The molecular weight excluding hydrogens is 502 g/mol. The molecule has 0 radical (unpaired) electrons. The molecule has 184 valence electrons. The fraction of sp³-hybridized carbons (Fsp3) is 0.143. The zero-order chi connectivity index (χ0) is 25.2. The third kappa shape index (κ3) is 4.71. The number of hydrogen-bond acceptors (Lipinski definition) is 7. The van der Waals surface area contributed by atoms with Crippen LogP contribution >= 0.6 is 22.7 Å². The van der Waals surface area contributed by atoms with Crippen molar-refractivity contribution in [1.82, 2.24) is 24.4 Å². The second-order valence-corrected chi connectivity index (χ2v) is 10.4. The van der Waals surface area contributed by atoms with Crippen LogP contribution in [0.3, 0.4) is 0 Å². The van der Waals surface area contributed by atoms with Gasteiger partial charge < -0.3 is 4.74 Å². The van der Waals surface area contributed by atoms with Crippen molar-refractivity contribution in [3.63, 3.8) is 0 Å². The lowest BCUT2D eigenvalue weighted by Gasteiger charge is -2.06. The highest BCUT2D eigenvalue weighted by Crippen LogP contribution is 2.27. The van der Waals surface area contributed by atoms with Gasteiger partial charge in [-0.15, -0.1) is 16.4 Å². The van der Waals surface area contributed by atoms with Gasteiger partial charge in [0.25, 0.3) is 5.56 Å². The topological polar surface area (TPSA) is 74.3 Å². The van der Waals surface area contributed by atoms with E-state index in [9.17, 15) is 4.79 Å². The number of thiophene rings is 1. The maximum Gasteiger partial charge on any atom is 0.291 e. The number of para-hydroxylation sites is 1. The van der Waals surface area contributed by atoms with E-state index < -0.39 is 0 Å². The van der Waals surface area contributed by atoms with Crippen molar-refractivity contribution in [2.75, 3.05) is 6.61 Å². The van der Waals surface area contributed by atoms with Crippen LogP contribution in [0.15, 0.2) is 83.1 Å². The van der Waals surface area contributed by atoms with E-state index in [1.165, 1.54) is 15.9 Å². The Kier molecular flexibility index (Phi) is 6.38.